The van der Waals surface area contributed by atoms with Crippen LogP contribution in [-0.4, -0.2) is 18.1 Å². The van der Waals surface area contributed by atoms with E-state index in [1.807, 2.05) is 12.1 Å². The number of hydrogen-bond donors (Lipinski definition) is 0. The zero-order valence-corrected chi connectivity index (χ0v) is 13.4. The summed E-state index contributed by atoms with van der Waals surface area (Å²) in [6.07, 6.45) is 2.51. The molecular formula is C18H21NO3. The maximum Gasteiger partial charge on any atom is 0.339 e. The molecule has 0 radical (unpaired) electrons. The first-order valence-electron chi connectivity index (χ1n) is 7.29. The molecule has 116 valence electrons. The summed E-state index contributed by atoms with van der Waals surface area (Å²) in [5.74, 6) is 0.745. The molecule has 0 unspecified atom stereocenters. The summed E-state index contributed by atoms with van der Waals surface area (Å²) in [6, 6.07) is 11.3. The average Bonchev–Trinajstić information content (AvgIpc) is 2.55. The van der Waals surface area contributed by atoms with Crippen molar-refractivity contribution in [3.05, 3.63) is 53.7 Å². The smallest absolute Gasteiger partial charge is 0.339 e. The minimum Gasteiger partial charge on any atom is -0.465 e. The monoisotopic (exact) mass is 299 g/mol. The minimum absolute atomic E-state index is 0.152. The maximum atomic E-state index is 11.3. The van der Waals surface area contributed by atoms with Crippen LogP contribution in [0.3, 0.4) is 0 Å². The molecule has 0 fully saturated rings. The predicted molar refractivity (Wildman–Crippen MR) is 85.4 cm³/mol. The van der Waals surface area contributed by atoms with Crippen LogP contribution in [0.15, 0.2) is 42.6 Å². The minimum atomic E-state index is -0.412. The standard InChI is InChI=1S/C18H21NO3/c1-5-18(2,3)14-7-9-15(10-8-14)22-16-11-6-13(12-19-16)17(20)21-4/h6-12H,5H2,1-4H3. The van der Waals surface area contributed by atoms with E-state index < -0.39 is 5.97 Å². The van der Waals surface area contributed by atoms with Crippen LogP contribution in [0.4, 0.5) is 0 Å². The van der Waals surface area contributed by atoms with Gasteiger partial charge in [0.2, 0.25) is 5.88 Å². The molecule has 4 heteroatoms. The van der Waals surface area contributed by atoms with Gasteiger partial charge in [0.05, 0.1) is 12.7 Å². The van der Waals surface area contributed by atoms with Crippen molar-refractivity contribution in [1.29, 1.82) is 0 Å². The van der Waals surface area contributed by atoms with Crippen molar-refractivity contribution in [1.82, 2.24) is 4.98 Å². The highest BCUT2D eigenvalue weighted by Crippen LogP contribution is 2.29. The molecule has 0 aliphatic heterocycles. The second-order valence-corrected chi connectivity index (χ2v) is 5.74. The Kier molecular flexibility index (Phi) is 4.81. The molecular weight excluding hydrogens is 278 g/mol. The second-order valence-electron chi connectivity index (χ2n) is 5.74. The fraction of sp³-hybridized carbons (Fsp3) is 0.333. The number of aromatic nitrogens is 1. The third-order valence-corrected chi connectivity index (χ3v) is 3.90. The number of ether oxygens (including phenoxy) is 2. The summed E-state index contributed by atoms with van der Waals surface area (Å²) < 4.78 is 10.3. The molecule has 0 saturated heterocycles. The van der Waals surface area contributed by atoms with Crippen LogP contribution in [0.1, 0.15) is 43.1 Å². The lowest BCUT2D eigenvalue weighted by Crippen LogP contribution is -2.14. The van der Waals surface area contributed by atoms with Gasteiger partial charge < -0.3 is 9.47 Å². The van der Waals surface area contributed by atoms with E-state index in [2.05, 4.69) is 42.6 Å². The van der Waals surface area contributed by atoms with E-state index in [0.29, 0.717) is 17.2 Å². The van der Waals surface area contributed by atoms with E-state index in [1.165, 1.54) is 18.9 Å². The highest BCUT2D eigenvalue weighted by molar-refractivity contribution is 5.88. The lowest BCUT2D eigenvalue weighted by atomic mass is 9.82. The normalized spacial score (nSPS) is 11.1. The average molecular weight is 299 g/mol. The Bertz CT molecular complexity index is 630. The van der Waals surface area contributed by atoms with Gasteiger partial charge in [0.1, 0.15) is 5.75 Å². The fourth-order valence-corrected chi connectivity index (χ4v) is 1.98. The summed E-state index contributed by atoms with van der Waals surface area (Å²) in [5, 5.41) is 0. The van der Waals surface area contributed by atoms with Crippen LogP contribution in [0.5, 0.6) is 11.6 Å². The van der Waals surface area contributed by atoms with Gasteiger partial charge in [-0.2, -0.15) is 0 Å². The zero-order chi connectivity index (χ0) is 16.2. The van der Waals surface area contributed by atoms with Crippen LogP contribution in [0.25, 0.3) is 0 Å². The van der Waals surface area contributed by atoms with Gasteiger partial charge in [0.25, 0.3) is 0 Å². The van der Waals surface area contributed by atoms with Gasteiger partial charge in [-0.3, -0.25) is 0 Å². The molecule has 0 spiro atoms. The van der Waals surface area contributed by atoms with Crippen molar-refractivity contribution in [2.75, 3.05) is 7.11 Å². The number of nitrogens with zero attached hydrogens (tertiary/aromatic N) is 1. The molecule has 1 aromatic heterocycles. The van der Waals surface area contributed by atoms with Gasteiger partial charge in [-0.15, -0.1) is 0 Å². The van der Waals surface area contributed by atoms with Crippen molar-refractivity contribution < 1.29 is 14.3 Å². The number of pyridine rings is 1. The molecule has 1 aromatic carbocycles. The molecule has 0 amide bonds. The number of benzene rings is 1. The number of carbonyl (C=O) groups excluding carboxylic acids is 1. The fourth-order valence-electron chi connectivity index (χ4n) is 1.98. The number of methoxy groups -OCH3 is 1. The molecule has 0 bridgehead atoms. The van der Waals surface area contributed by atoms with Crippen molar-refractivity contribution in [2.24, 2.45) is 0 Å². The molecule has 2 aromatic rings. The number of esters is 1. The molecule has 0 atom stereocenters. The Morgan fingerprint density at radius 3 is 2.32 bits per heavy atom. The summed E-state index contributed by atoms with van der Waals surface area (Å²) >= 11 is 0. The Morgan fingerprint density at radius 1 is 1.14 bits per heavy atom. The van der Waals surface area contributed by atoms with Crippen LogP contribution in [-0.2, 0) is 10.2 Å². The zero-order valence-electron chi connectivity index (χ0n) is 13.4. The molecule has 0 aliphatic carbocycles. The van der Waals surface area contributed by atoms with E-state index in [0.717, 1.165) is 6.42 Å². The number of hydrogen-bond acceptors (Lipinski definition) is 4. The first-order chi connectivity index (χ1) is 10.5. The quantitative estimate of drug-likeness (QED) is 0.770. The molecule has 0 N–H and O–H groups in total. The Hall–Kier alpha value is -2.36. The molecule has 2 rings (SSSR count). The Morgan fingerprint density at radius 2 is 1.82 bits per heavy atom. The van der Waals surface area contributed by atoms with Gasteiger partial charge in [0, 0.05) is 12.3 Å². The Balaban J connectivity index is 2.09. The van der Waals surface area contributed by atoms with E-state index in [-0.39, 0.29) is 5.41 Å². The third kappa shape index (κ3) is 3.64. The van der Waals surface area contributed by atoms with Crippen molar-refractivity contribution >= 4 is 5.97 Å². The highest BCUT2D eigenvalue weighted by Gasteiger charge is 2.17. The van der Waals surface area contributed by atoms with Crippen molar-refractivity contribution in [3.8, 4) is 11.6 Å². The first-order valence-corrected chi connectivity index (χ1v) is 7.29. The van der Waals surface area contributed by atoms with E-state index in [9.17, 15) is 4.79 Å². The van der Waals surface area contributed by atoms with Gasteiger partial charge >= 0.3 is 5.97 Å². The van der Waals surface area contributed by atoms with E-state index in [1.54, 1.807) is 12.1 Å². The van der Waals surface area contributed by atoms with Gasteiger partial charge in [-0.05, 0) is 35.6 Å². The highest BCUT2D eigenvalue weighted by atomic mass is 16.5. The number of carbonyl (C=O) groups is 1. The Labute approximate surface area is 131 Å². The van der Waals surface area contributed by atoms with Crippen LogP contribution in [0.2, 0.25) is 0 Å². The summed E-state index contributed by atoms with van der Waals surface area (Å²) in [7, 11) is 1.34. The largest absolute Gasteiger partial charge is 0.465 e. The van der Waals surface area contributed by atoms with Crippen LogP contribution in [0, 0.1) is 0 Å². The van der Waals surface area contributed by atoms with Gasteiger partial charge in [-0.1, -0.05) is 32.9 Å². The lowest BCUT2D eigenvalue weighted by molar-refractivity contribution is 0.0600. The van der Waals surface area contributed by atoms with E-state index in [4.69, 9.17) is 4.74 Å². The predicted octanol–water partition coefficient (Wildman–Crippen LogP) is 4.35. The molecule has 0 aliphatic rings. The molecule has 22 heavy (non-hydrogen) atoms. The summed E-state index contributed by atoms with van der Waals surface area (Å²) in [5.41, 5.74) is 1.82. The van der Waals surface area contributed by atoms with Gasteiger partial charge in [0.15, 0.2) is 0 Å². The van der Waals surface area contributed by atoms with Crippen LogP contribution < -0.4 is 4.74 Å². The first kappa shape index (κ1) is 16.0. The van der Waals surface area contributed by atoms with Crippen LogP contribution >= 0.6 is 0 Å². The van der Waals surface area contributed by atoms with Gasteiger partial charge in [-0.25, -0.2) is 9.78 Å². The third-order valence-electron chi connectivity index (χ3n) is 3.90. The van der Waals surface area contributed by atoms with Crippen molar-refractivity contribution in [3.63, 3.8) is 0 Å². The van der Waals surface area contributed by atoms with Crippen molar-refractivity contribution in [2.45, 2.75) is 32.6 Å². The topological polar surface area (TPSA) is 48.4 Å². The molecule has 0 saturated carbocycles. The molecule has 4 nitrogen and oxygen atoms in total. The second kappa shape index (κ2) is 6.60. The van der Waals surface area contributed by atoms with E-state index >= 15 is 0 Å². The SMILES string of the molecule is CCC(C)(C)c1ccc(Oc2ccc(C(=O)OC)cn2)cc1. The molecule has 1 heterocycles. The summed E-state index contributed by atoms with van der Waals surface area (Å²) in [4.78, 5) is 15.4. The number of rotatable bonds is 5. The maximum absolute atomic E-state index is 11.3. The lowest BCUT2D eigenvalue weighted by Gasteiger charge is -2.23. The summed E-state index contributed by atoms with van der Waals surface area (Å²) in [6.45, 7) is 6.61.